The number of hydrogen-bond donors (Lipinski definition) is 2. The van der Waals surface area contributed by atoms with Crippen LogP contribution in [0.1, 0.15) is 52.6 Å². The van der Waals surface area contributed by atoms with Crippen LogP contribution in [0, 0.1) is 17.5 Å². The summed E-state index contributed by atoms with van der Waals surface area (Å²) in [7, 11) is 0. The maximum atomic E-state index is 14.1. The molecule has 0 saturated heterocycles. The Balaban J connectivity index is 1.46. The summed E-state index contributed by atoms with van der Waals surface area (Å²) in [5.41, 5.74) is 13.4. The molecular weight excluding hydrogens is 371 g/mol. The maximum Gasteiger partial charge on any atom is 0.286 e. The van der Waals surface area contributed by atoms with Gasteiger partial charge in [0.15, 0.2) is 11.6 Å². The van der Waals surface area contributed by atoms with Gasteiger partial charge in [0.05, 0.1) is 5.69 Å². The molecule has 9 heteroatoms. The lowest BCUT2D eigenvalue weighted by Crippen LogP contribution is -2.44. The zero-order chi connectivity index (χ0) is 20.0. The van der Waals surface area contributed by atoms with Crippen LogP contribution in [0.4, 0.5) is 13.2 Å². The van der Waals surface area contributed by atoms with E-state index in [1.165, 1.54) is 0 Å². The van der Waals surface area contributed by atoms with Crippen molar-refractivity contribution in [1.29, 1.82) is 0 Å². The van der Waals surface area contributed by atoms with Crippen molar-refractivity contribution in [3.8, 4) is 0 Å². The molecule has 0 spiro atoms. The van der Waals surface area contributed by atoms with E-state index in [0.717, 1.165) is 23.7 Å². The Morgan fingerprint density at radius 1 is 1.11 bits per heavy atom. The molecule has 3 atom stereocenters. The predicted octanol–water partition coefficient (Wildman–Crippen LogP) is 1.97. The highest BCUT2D eigenvalue weighted by molar-refractivity contribution is 5.88. The van der Waals surface area contributed by atoms with Gasteiger partial charge in [0.1, 0.15) is 5.82 Å². The van der Waals surface area contributed by atoms with Crippen molar-refractivity contribution in [2.24, 2.45) is 11.5 Å². The van der Waals surface area contributed by atoms with Crippen LogP contribution in [-0.4, -0.2) is 32.9 Å². The van der Waals surface area contributed by atoms with Gasteiger partial charge in [0.25, 0.3) is 5.91 Å². The number of aromatic nitrogens is 2. The monoisotopic (exact) mass is 391 g/mol. The fraction of sp³-hybridized carbons (Fsp3) is 0.421. The van der Waals surface area contributed by atoms with E-state index in [9.17, 15) is 18.0 Å². The maximum absolute atomic E-state index is 14.1. The van der Waals surface area contributed by atoms with E-state index in [1.54, 1.807) is 6.20 Å². The summed E-state index contributed by atoms with van der Waals surface area (Å²) >= 11 is 0. The van der Waals surface area contributed by atoms with Crippen LogP contribution in [-0.2, 0) is 13.1 Å². The predicted molar refractivity (Wildman–Crippen MR) is 94.5 cm³/mol. The van der Waals surface area contributed by atoms with E-state index in [4.69, 9.17) is 11.5 Å². The van der Waals surface area contributed by atoms with Crippen molar-refractivity contribution in [3.05, 3.63) is 58.4 Å². The lowest BCUT2D eigenvalue weighted by molar-refractivity contribution is 0.0990. The summed E-state index contributed by atoms with van der Waals surface area (Å²) in [5, 5.41) is 0. The minimum Gasteiger partial charge on any atom is -0.363 e. The second kappa shape index (κ2) is 7.14. The SMILES string of the molecule is NC(=O)c1ncc2c(n1)CN([C@H]1CC[C@H](c3cc(F)c(F)cc3F)[C@@H](N)C1)C2. The van der Waals surface area contributed by atoms with Gasteiger partial charge in [-0.25, -0.2) is 23.1 Å². The zero-order valence-corrected chi connectivity index (χ0v) is 15.0. The topological polar surface area (TPSA) is 98.1 Å². The molecule has 4 N–H and O–H groups in total. The first-order chi connectivity index (χ1) is 13.3. The Bertz CT molecular complexity index is 938. The number of nitrogens with two attached hydrogens (primary N) is 2. The minimum absolute atomic E-state index is 0.00480. The van der Waals surface area contributed by atoms with Crippen molar-refractivity contribution in [2.75, 3.05) is 0 Å². The molecule has 1 saturated carbocycles. The van der Waals surface area contributed by atoms with Gasteiger partial charge in [-0.05, 0) is 30.9 Å². The molecular formula is C19H20F3N5O. The first kappa shape index (κ1) is 18.8. The molecule has 1 aliphatic heterocycles. The number of rotatable bonds is 3. The van der Waals surface area contributed by atoms with Gasteiger partial charge in [-0.3, -0.25) is 9.69 Å². The molecule has 2 heterocycles. The molecule has 2 aliphatic rings. The van der Waals surface area contributed by atoms with Gasteiger partial charge in [-0.2, -0.15) is 0 Å². The number of fused-ring (bicyclic) bond motifs is 1. The number of benzene rings is 1. The highest BCUT2D eigenvalue weighted by atomic mass is 19.2. The molecule has 1 fully saturated rings. The van der Waals surface area contributed by atoms with E-state index in [-0.39, 0.29) is 29.4 Å². The molecule has 1 amide bonds. The molecule has 1 aromatic heterocycles. The second-order valence-electron chi connectivity index (χ2n) is 7.46. The highest BCUT2D eigenvalue weighted by Crippen LogP contribution is 2.38. The first-order valence-corrected chi connectivity index (χ1v) is 9.12. The summed E-state index contributed by atoms with van der Waals surface area (Å²) in [4.78, 5) is 21.7. The second-order valence-corrected chi connectivity index (χ2v) is 7.46. The lowest BCUT2D eigenvalue weighted by atomic mass is 9.77. The summed E-state index contributed by atoms with van der Waals surface area (Å²) in [5.74, 6) is -4.07. The Kier molecular flexibility index (Phi) is 4.80. The largest absolute Gasteiger partial charge is 0.363 e. The smallest absolute Gasteiger partial charge is 0.286 e. The van der Waals surface area contributed by atoms with E-state index in [0.29, 0.717) is 32.0 Å². The third-order valence-corrected chi connectivity index (χ3v) is 5.73. The van der Waals surface area contributed by atoms with Crippen LogP contribution in [0.3, 0.4) is 0 Å². The molecule has 4 rings (SSSR count). The third-order valence-electron chi connectivity index (χ3n) is 5.73. The van der Waals surface area contributed by atoms with Crippen molar-refractivity contribution < 1.29 is 18.0 Å². The Morgan fingerprint density at radius 3 is 2.57 bits per heavy atom. The quantitative estimate of drug-likeness (QED) is 0.780. The van der Waals surface area contributed by atoms with E-state index in [2.05, 4.69) is 14.9 Å². The summed E-state index contributed by atoms with van der Waals surface area (Å²) < 4.78 is 40.9. The molecule has 0 bridgehead atoms. The number of carbonyl (C=O) groups excluding carboxylic acids is 1. The van der Waals surface area contributed by atoms with Crippen LogP contribution >= 0.6 is 0 Å². The van der Waals surface area contributed by atoms with E-state index < -0.39 is 23.4 Å². The van der Waals surface area contributed by atoms with Crippen LogP contribution in [0.5, 0.6) is 0 Å². The number of nitrogens with zero attached hydrogens (tertiary/aromatic N) is 3. The Hall–Kier alpha value is -2.52. The Labute approximate surface area is 159 Å². The average Bonchev–Trinajstić information content (AvgIpc) is 3.08. The Morgan fingerprint density at radius 2 is 1.86 bits per heavy atom. The number of carbonyl (C=O) groups is 1. The summed E-state index contributed by atoms with van der Waals surface area (Å²) in [6.45, 7) is 1.19. The molecule has 6 nitrogen and oxygen atoms in total. The average molecular weight is 391 g/mol. The van der Waals surface area contributed by atoms with Crippen LogP contribution in [0.25, 0.3) is 0 Å². The van der Waals surface area contributed by atoms with Gasteiger partial charge in [-0.15, -0.1) is 0 Å². The number of primary amides is 1. The highest BCUT2D eigenvalue weighted by Gasteiger charge is 2.36. The van der Waals surface area contributed by atoms with Crippen molar-refractivity contribution in [3.63, 3.8) is 0 Å². The van der Waals surface area contributed by atoms with Crippen molar-refractivity contribution in [1.82, 2.24) is 14.9 Å². The van der Waals surface area contributed by atoms with E-state index >= 15 is 0 Å². The number of amides is 1. The van der Waals surface area contributed by atoms with Gasteiger partial charge in [0.2, 0.25) is 5.82 Å². The lowest BCUT2D eigenvalue weighted by Gasteiger charge is -2.38. The van der Waals surface area contributed by atoms with Crippen LogP contribution < -0.4 is 11.5 Å². The third kappa shape index (κ3) is 3.35. The standard InChI is InChI=1S/C19H20F3N5O/c20-13-5-15(22)14(21)4-12(13)11-2-1-10(3-16(11)23)27-7-9-6-25-19(18(24)28)26-17(9)8-27/h4-6,10-11,16H,1-3,7-8,23H2,(H2,24,28)/t10-,11+,16-/m0/s1. The van der Waals surface area contributed by atoms with Gasteiger partial charge >= 0.3 is 0 Å². The molecule has 2 aromatic rings. The van der Waals surface area contributed by atoms with Gasteiger partial charge in [0, 0.05) is 48.9 Å². The van der Waals surface area contributed by atoms with Crippen LogP contribution in [0.15, 0.2) is 18.3 Å². The minimum atomic E-state index is -1.20. The number of halogens is 3. The molecule has 28 heavy (non-hydrogen) atoms. The zero-order valence-electron chi connectivity index (χ0n) is 15.0. The van der Waals surface area contributed by atoms with Crippen molar-refractivity contribution >= 4 is 5.91 Å². The molecule has 0 radical (unpaired) electrons. The van der Waals surface area contributed by atoms with Gasteiger partial charge in [-0.1, -0.05) is 0 Å². The summed E-state index contributed by atoms with van der Waals surface area (Å²) in [6, 6.07) is 1.26. The molecule has 0 unspecified atom stereocenters. The fourth-order valence-corrected chi connectivity index (χ4v) is 4.28. The van der Waals surface area contributed by atoms with Crippen LogP contribution in [0.2, 0.25) is 0 Å². The van der Waals surface area contributed by atoms with Gasteiger partial charge < -0.3 is 11.5 Å². The fourth-order valence-electron chi connectivity index (χ4n) is 4.28. The summed E-state index contributed by atoms with van der Waals surface area (Å²) in [6.07, 6.45) is 3.51. The molecule has 148 valence electrons. The normalized spacial score (nSPS) is 24.9. The number of hydrogen-bond acceptors (Lipinski definition) is 5. The molecule has 1 aliphatic carbocycles. The first-order valence-electron chi connectivity index (χ1n) is 9.12. The van der Waals surface area contributed by atoms with E-state index in [1.807, 2.05) is 0 Å². The molecule has 1 aromatic carbocycles. The van der Waals surface area contributed by atoms with Crippen molar-refractivity contribution in [2.45, 2.75) is 50.4 Å².